The van der Waals surface area contributed by atoms with Crippen LogP contribution in [0.4, 0.5) is 4.79 Å². The number of fused-ring (bicyclic) bond motifs is 1. The Labute approximate surface area is 184 Å². The molecule has 0 saturated carbocycles. The number of halogens is 1. The number of nitrogens with one attached hydrogen (secondary N) is 1. The van der Waals surface area contributed by atoms with Crippen LogP contribution in [0.15, 0.2) is 61.7 Å². The van der Waals surface area contributed by atoms with Gasteiger partial charge < -0.3 is 5.32 Å². The van der Waals surface area contributed by atoms with Gasteiger partial charge in [-0.2, -0.15) is 0 Å². The molecule has 29 heavy (non-hydrogen) atoms. The number of rotatable bonds is 5. The lowest BCUT2D eigenvalue weighted by atomic mass is 9.91. The van der Waals surface area contributed by atoms with Crippen molar-refractivity contribution in [2.24, 2.45) is 15.9 Å². The van der Waals surface area contributed by atoms with E-state index >= 15 is 0 Å². The van der Waals surface area contributed by atoms with Gasteiger partial charge >= 0.3 is 6.03 Å². The fourth-order valence-corrected chi connectivity index (χ4v) is 4.44. The highest BCUT2D eigenvalue weighted by Crippen LogP contribution is 2.32. The number of aliphatic imine (C=N–C) groups is 2. The van der Waals surface area contributed by atoms with Gasteiger partial charge in [-0.05, 0) is 40.1 Å². The van der Waals surface area contributed by atoms with Crippen molar-refractivity contribution in [1.29, 1.82) is 0 Å². The summed E-state index contributed by atoms with van der Waals surface area (Å²) in [6.07, 6.45) is 4.79. The van der Waals surface area contributed by atoms with E-state index in [1.165, 1.54) is 4.90 Å². The highest BCUT2D eigenvalue weighted by atomic mass is 127. The number of allylic oxidation sites excluding steroid dienone is 4. The van der Waals surface area contributed by atoms with Crippen molar-refractivity contribution in [2.75, 3.05) is 0 Å². The number of imide groups is 1. The SMILES string of the molecule is CC(C)[C@H]1NC(=O)N([C@H](C2=NC3=CC(I)=CCC3=N2)[C@H](C)c2ccccc2)C1=O. The fourth-order valence-electron chi connectivity index (χ4n) is 3.92. The van der Waals surface area contributed by atoms with Crippen molar-refractivity contribution in [3.63, 3.8) is 0 Å². The Morgan fingerprint density at radius 1 is 1.14 bits per heavy atom. The largest absolute Gasteiger partial charge is 0.326 e. The number of urea groups is 1. The second-order valence-electron chi connectivity index (χ2n) is 7.87. The standard InChI is InChI=1S/C22H23IN4O2/c1-12(2)18-21(28)27(22(29)26-18)19(13(3)14-7-5-4-6-8-14)20-24-16-10-9-15(23)11-17(16)25-20/h4-9,11-13,18-19H,10H2,1-3H3,(H,26,29)/t13-,18-,19+/m1/s1. The van der Waals surface area contributed by atoms with Gasteiger partial charge in [0.1, 0.15) is 12.1 Å². The van der Waals surface area contributed by atoms with Gasteiger partial charge in [-0.3, -0.25) is 9.69 Å². The van der Waals surface area contributed by atoms with Crippen molar-refractivity contribution in [3.05, 3.63) is 57.3 Å². The zero-order chi connectivity index (χ0) is 20.7. The van der Waals surface area contributed by atoms with E-state index in [4.69, 9.17) is 9.98 Å². The maximum atomic E-state index is 13.2. The van der Waals surface area contributed by atoms with E-state index in [0.29, 0.717) is 12.3 Å². The van der Waals surface area contributed by atoms with Crippen LogP contribution in [0.5, 0.6) is 0 Å². The molecule has 150 valence electrons. The molecule has 1 aromatic carbocycles. The van der Waals surface area contributed by atoms with Crippen molar-refractivity contribution < 1.29 is 9.59 Å². The zero-order valence-corrected chi connectivity index (χ0v) is 18.8. The molecule has 3 atom stereocenters. The average molecular weight is 502 g/mol. The second-order valence-corrected chi connectivity index (χ2v) is 9.12. The molecule has 2 heterocycles. The number of carbonyl (C=O) groups excluding carboxylic acids is 2. The summed E-state index contributed by atoms with van der Waals surface area (Å²) >= 11 is 2.27. The maximum absolute atomic E-state index is 13.2. The van der Waals surface area contributed by atoms with Gasteiger partial charge in [0.25, 0.3) is 5.91 Å². The molecule has 7 heteroatoms. The minimum absolute atomic E-state index is 0.0111. The molecule has 0 bridgehead atoms. The van der Waals surface area contributed by atoms with E-state index in [9.17, 15) is 9.59 Å². The van der Waals surface area contributed by atoms with E-state index < -0.39 is 12.1 Å². The monoisotopic (exact) mass is 502 g/mol. The van der Waals surface area contributed by atoms with Gasteiger partial charge in [0.15, 0.2) is 5.84 Å². The molecule has 0 radical (unpaired) electrons. The van der Waals surface area contributed by atoms with Gasteiger partial charge in [-0.15, -0.1) is 0 Å². The first-order valence-electron chi connectivity index (χ1n) is 9.79. The van der Waals surface area contributed by atoms with Gasteiger partial charge in [0, 0.05) is 15.9 Å². The first-order valence-corrected chi connectivity index (χ1v) is 10.9. The lowest BCUT2D eigenvalue weighted by Crippen LogP contribution is -2.48. The molecule has 0 aromatic heterocycles. The predicted molar refractivity (Wildman–Crippen MR) is 122 cm³/mol. The van der Waals surface area contributed by atoms with E-state index in [0.717, 1.165) is 20.6 Å². The fraction of sp³-hybridized carbons (Fsp3) is 0.364. The van der Waals surface area contributed by atoms with Crippen LogP contribution < -0.4 is 5.32 Å². The number of benzene rings is 1. The van der Waals surface area contributed by atoms with Crippen LogP contribution in [0.3, 0.4) is 0 Å². The van der Waals surface area contributed by atoms with E-state index in [1.54, 1.807) is 0 Å². The van der Waals surface area contributed by atoms with Gasteiger partial charge in [0.05, 0.1) is 11.4 Å². The number of hydrogen-bond donors (Lipinski definition) is 1. The molecule has 3 amide bonds. The Hall–Kier alpha value is -2.29. The van der Waals surface area contributed by atoms with E-state index in [2.05, 4.69) is 34.0 Å². The number of amidine groups is 1. The summed E-state index contributed by atoms with van der Waals surface area (Å²) in [6, 6.07) is 8.43. The predicted octanol–water partition coefficient (Wildman–Crippen LogP) is 4.19. The number of carbonyl (C=O) groups is 2. The average Bonchev–Trinajstić information content (AvgIpc) is 3.24. The van der Waals surface area contributed by atoms with Crippen LogP contribution in [-0.4, -0.2) is 40.5 Å². The van der Waals surface area contributed by atoms with Crippen LogP contribution >= 0.6 is 22.6 Å². The van der Waals surface area contributed by atoms with Gasteiger partial charge in [-0.1, -0.05) is 57.2 Å². The zero-order valence-electron chi connectivity index (χ0n) is 16.6. The molecule has 2 aliphatic heterocycles. The Bertz CT molecular complexity index is 978. The Morgan fingerprint density at radius 3 is 2.52 bits per heavy atom. The molecule has 3 aliphatic rings. The van der Waals surface area contributed by atoms with Crippen LogP contribution in [0.25, 0.3) is 0 Å². The molecule has 1 aliphatic carbocycles. The van der Waals surface area contributed by atoms with Gasteiger partial charge in [-0.25, -0.2) is 14.8 Å². The molecular formula is C22H23IN4O2. The third-order valence-electron chi connectivity index (χ3n) is 5.55. The van der Waals surface area contributed by atoms with Crippen LogP contribution in [-0.2, 0) is 4.79 Å². The maximum Gasteiger partial charge on any atom is 0.325 e. The summed E-state index contributed by atoms with van der Waals surface area (Å²) in [7, 11) is 0. The minimum atomic E-state index is -0.565. The normalized spacial score (nSPS) is 23.2. The molecule has 1 saturated heterocycles. The summed E-state index contributed by atoms with van der Waals surface area (Å²) in [5, 5.41) is 2.84. The van der Waals surface area contributed by atoms with Crippen molar-refractivity contribution in [1.82, 2.24) is 10.2 Å². The van der Waals surface area contributed by atoms with Crippen LogP contribution in [0, 0.1) is 5.92 Å². The van der Waals surface area contributed by atoms with Crippen molar-refractivity contribution >= 4 is 46.1 Å². The molecule has 0 unspecified atom stereocenters. The van der Waals surface area contributed by atoms with E-state index in [1.807, 2.05) is 57.2 Å². The smallest absolute Gasteiger partial charge is 0.325 e. The van der Waals surface area contributed by atoms with E-state index in [-0.39, 0.29) is 23.8 Å². The number of hydrogen-bond acceptors (Lipinski definition) is 4. The highest BCUT2D eigenvalue weighted by Gasteiger charge is 2.47. The molecule has 0 spiro atoms. The summed E-state index contributed by atoms with van der Waals surface area (Å²) in [6.45, 7) is 5.88. The Kier molecular flexibility index (Phi) is 5.42. The van der Waals surface area contributed by atoms with Crippen LogP contribution in [0.2, 0.25) is 0 Å². The van der Waals surface area contributed by atoms with Gasteiger partial charge in [0.2, 0.25) is 0 Å². The molecule has 6 nitrogen and oxygen atoms in total. The highest BCUT2D eigenvalue weighted by molar-refractivity contribution is 14.1. The summed E-state index contributed by atoms with van der Waals surface area (Å²) < 4.78 is 1.11. The third-order valence-corrected chi connectivity index (χ3v) is 6.31. The Balaban J connectivity index is 1.77. The molecule has 1 aromatic rings. The first kappa shape index (κ1) is 20.0. The summed E-state index contributed by atoms with van der Waals surface area (Å²) in [5.74, 6) is 0.178. The topological polar surface area (TPSA) is 74.1 Å². The Morgan fingerprint density at radius 2 is 1.86 bits per heavy atom. The number of nitrogens with zero attached hydrogens (tertiary/aromatic N) is 3. The van der Waals surface area contributed by atoms with Crippen LogP contribution in [0.1, 0.15) is 38.7 Å². The lowest BCUT2D eigenvalue weighted by molar-refractivity contribution is -0.129. The number of amides is 3. The van der Waals surface area contributed by atoms with Crippen molar-refractivity contribution in [2.45, 2.75) is 45.2 Å². The lowest BCUT2D eigenvalue weighted by Gasteiger charge is -2.30. The quantitative estimate of drug-likeness (QED) is 0.485. The first-order chi connectivity index (χ1) is 13.9. The summed E-state index contributed by atoms with van der Waals surface area (Å²) in [5.41, 5.74) is 2.74. The molecule has 1 N–H and O–H groups in total. The van der Waals surface area contributed by atoms with Crippen molar-refractivity contribution in [3.8, 4) is 0 Å². The molecule has 1 fully saturated rings. The third kappa shape index (κ3) is 3.68. The molecular weight excluding hydrogens is 479 g/mol. The molecule has 4 rings (SSSR count). The summed E-state index contributed by atoms with van der Waals surface area (Å²) in [4.78, 5) is 36.9. The second kappa shape index (κ2) is 7.85. The minimum Gasteiger partial charge on any atom is -0.326 e.